The summed E-state index contributed by atoms with van der Waals surface area (Å²) in [5, 5.41) is 0. The molecule has 0 radical (unpaired) electrons. The van der Waals surface area contributed by atoms with E-state index in [0.29, 0.717) is 6.54 Å². The van der Waals surface area contributed by atoms with Crippen molar-refractivity contribution in [2.24, 2.45) is 0 Å². The number of rotatable bonds is 3. The predicted molar refractivity (Wildman–Crippen MR) is 73.4 cm³/mol. The molecule has 0 fully saturated rings. The van der Waals surface area contributed by atoms with Gasteiger partial charge in [0, 0.05) is 19.2 Å². The zero-order valence-electron chi connectivity index (χ0n) is 10.8. The highest BCUT2D eigenvalue weighted by Crippen LogP contribution is 2.09. The fourth-order valence-corrected chi connectivity index (χ4v) is 1.85. The van der Waals surface area contributed by atoms with Crippen LogP contribution in [0.2, 0.25) is 0 Å². The van der Waals surface area contributed by atoms with Gasteiger partial charge in [-0.1, -0.05) is 48.0 Å². The van der Waals surface area contributed by atoms with E-state index in [-0.39, 0.29) is 5.91 Å². The van der Waals surface area contributed by atoms with Crippen LogP contribution in [0.5, 0.6) is 0 Å². The van der Waals surface area contributed by atoms with Gasteiger partial charge in [-0.2, -0.15) is 0 Å². The van der Waals surface area contributed by atoms with E-state index in [1.165, 1.54) is 0 Å². The van der Waals surface area contributed by atoms with Gasteiger partial charge in [0.05, 0.1) is 0 Å². The van der Waals surface area contributed by atoms with E-state index >= 15 is 0 Å². The molecule has 0 spiro atoms. The minimum Gasteiger partial charge on any atom is -0.337 e. The molecule has 0 atom stereocenters. The number of aryl methyl sites for hydroxylation is 1. The fourth-order valence-electron chi connectivity index (χ4n) is 1.85. The second-order valence-electron chi connectivity index (χ2n) is 4.51. The average molecular weight is 239 g/mol. The monoisotopic (exact) mass is 239 g/mol. The SMILES string of the molecule is Cc1ccc(C(=O)N(C)Cc2ccccc2)cc1. The summed E-state index contributed by atoms with van der Waals surface area (Å²) in [5.74, 6) is 0.0545. The van der Waals surface area contributed by atoms with Gasteiger partial charge in [-0.15, -0.1) is 0 Å². The third-order valence-corrected chi connectivity index (χ3v) is 2.91. The summed E-state index contributed by atoms with van der Waals surface area (Å²) in [7, 11) is 1.83. The molecule has 0 aliphatic carbocycles. The second-order valence-corrected chi connectivity index (χ2v) is 4.51. The molecule has 2 rings (SSSR count). The number of nitrogens with zero attached hydrogens (tertiary/aromatic N) is 1. The van der Waals surface area contributed by atoms with Gasteiger partial charge in [0.25, 0.3) is 5.91 Å². The van der Waals surface area contributed by atoms with Gasteiger partial charge in [-0.3, -0.25) is 4.79 Å². The molecule has 0 aliphatic rings. The Morgan fingerprint density at radius 2 is 1.61 bits per heavy atom. The summed E-state index contributed by atoms with van der Waals surface area (Å²) in [5.41, 5.74) is 3.04. The van der Waals surface area contributed by atoms with Gasteiger partial charge in [-0.25, -0.2) is 0 Å². The van der Waals surface area contributed by atoms with Gasteiger partial charge in [0.1, 0.15) is 0 Å². The van der Waals surface area contributed by atoms with E-state index in [1.54, 1.807) is 4.90 Å². The zero-order valence-corrected chi connectivity index (χ0v) is 10.8. The Hall–Kier alpha value is -2.09. The normalized spacial score (nSPS) is 10.1. The van der Waals surface area contributed by atoms with Crippen molar-refractivity contribution in [2.75, 3.05) is 7.05 Å². The molecule has 1 amide bonds. The van der Waals surface area contributed by atoms with Gasteiger partial charge in [0.15, 0.2) is 0 Å². The van der Waals surface area contributed by atoms with E-state index < -0.39 is 0 Å². The first kappa shape index (κ1) is 12.4. The largest absolute Gasteiger partial charge is 0.337 e. The molecule has 0 saturated heterocycles. The number of amides is 1. The van der Waals surface area contributed by atoms with E-state index in [9.17, 15) is 4.79 Å². The van der Waals surface area contributed by atoms with Crippen LogP contribution < -0.4 is 0 Å². The Morgan fingerprint density at radius 3 is 2.22 bits per heavy atom. The molecule has 0 saturated carbocycles. The van der Waals surface area contributed by atoms with Crippen LogP contribution in [-0.2, 0) is 6.54 Å². The van der Waals surface area contributed by atoms with Crippen LogP contribution in [0.4, 0.5) is 0 Å². The van der Waals surface area contributed by atoms with E-state index in [1.807, 2.05) is 68.6 Å². The lowest BCUT2D eigenvalue weighted by molar-refractivity contribution is 0.0785. The lowest BCUT2D eigenvalue weighted by atomic mass is 10.1. The topological polar surface area (TPSA) is 20.3 Å². The summed E-state index contributed by atoms with van der Waals surface area (Å²) in [6.07, 6.45) is 0. The molecule has 0 aromatic heterocycles. The van der Waals surface area contributed by atoms with Crippen LogP contribution in [0.1, 0.15) is 21.5 Å². The minimum atomic E-state index is 0.0545. The quantitative estimate of drug-likeness (QED) is 0.805. The van der Waals surface area contributed by atoms with Crippen molar-refractivity contribution in [3.8, 4) is 0 Å². The molecule has 2 heteroatoms. The van der Waals surface area contributed by atoms with Crippen molar-refractivity contribution in [3.63, 3.8) is 0 Å². The van der Waals surface area contributed by atoms with Crippen molar-refractivity contribution in [1.29, 1.82) is 0 Å². The average Bonchev–Trinajstić information content (AvgIpc) is 2.40. The lowest BCUT2D eigenvalue weighted by Gasteiger charge is -2.17. The summed E-state index contributed by atoms with van der Waals surface area (Å²) in [4.78, 5) is 13.9. The maximum Gasteiger partial charge on any atom is 0.253 e. The van der Waals surface area contributed by atoms with Crippen LogP contribution in [-0.4, -0.2) is 17.9 Å². The van der Waals surface area contributed by atoms with Gasteiger partial charge in [-0.05, 0) is 24.6 Å². The first-order chi connectivity index (χ1) is 8.66. The number of hydrogen-bond acceptors (Lipinski definition) is 1. The molecular weight excluding hydrogens is 222 g/mol. The number of benzene rings is 2. The molecule has 92 valence electrons. The van der Waals surface area contributed by atoms with E-state index in [2.05, 4.69) is 0 Å². The van der Waals surface area contributed by atoms with Crippen molar-refractivity contribution in [2.45, 2.75) is 13.5 Å². The van der Waals surface area contributed by atoms with E-state index in [4.69, 9.17) is 0 Å². The van der Waals surface area contributed by atoms with Crippen LogP contribution in [0.3, 0.4) is 0 Å². The van der Waals surface area contributed by atoms with Crippen LogP contribution in [0.25, 0.3) is 0 Å². The summed E-state index contributed by atoms with van der Waals surface area (Å²) in [6, 6.07) is 17.7. The molecule has 2 aromatic carbocycles. The highest BCUT2D eigenvalue weighted by Gasteiger charge is 2.11. The lowest BCUT2D eigenvalue weighted by Crippen LogP contribution is -2.26. The van der Waals surface area contributed by atoms with Crippen LogP contribution >= 0.6 is 0 Å². The molecule has 2 aromatic rings. The maximum atomic E-state index is 12.2. The number of carbonyl (C=O) groups excluding carboxylic acids is 1. The van der Waals surface area contributed by atoms with Crippen LogP contribution in [0.15, 0.2) is 54.6 Å². The first-order valence-corrected chi connectivity index (χ1v) is 6.03. The van der Waals surface area contributed by atoms with Gasteiger partial charge >= 0.3 is 0 Å². The highest BCUT2D eigenvalue weighted by molar-refractivity contribution is 5.94. The van der Waals surface area contributed by atoms with Crippen LogP contribution in [0, 0.1) is 6.92 Å². The second kappa shape index (κ2) is 5.50. The molecule has 18 heavy (non-hydrogen) atoms. The Kier molecular flexibility index (Phi) is 3.78. The minimum absolute atomic E-state index is 0.0545. The van der Waals surface area contributed by atoms with Gasteiger partial charge in [0.2, 0.25) is 0 Å². The Morgan fingerprint density at radius 1 is 1.00 bits per heavy atom. The third-order valence-electron chi connectivity index (χ3n) is 2.91. The fraction of sp³-hybridized carbons (Fsp3) is 0.188. The summed E-state index contributed by atoms with van der Waals surface area (Å²) in [6.45, 7) is 2.65. The highest BCUT2D eigenvalue weighted by atomic mass is 16.2. The molecule has 2 nitrogen and oxygen atoms in total. The Bertz CT molecular complexity index is 517. The maximum absolute atomic E-state index is 12.2. The molecule has 0 N–H and O–H groups in total. The standard InChI is InChI=1S/C16H17NO/c1-13-8-10-15(11-9-13)16(18)17(2)12-14-6-4-3-5-7-14/h3-11H,12H2,1-2H3. The molecule has 0 heterocycles. The molecule has 0 aliphatic heterocycles. The zero-order chi connectivity index (χ0) is 13.0. The summed E-state index contributed by atoms with van der Waals surface area (Å²) >= 11 is 0. The Balaban J connectivity index is 2.07. The van der Waals surface area contributed by atoms with Crippen molar-refractivity contribution in [3.05, 3.63) is 71.3 Å². The number of hydrogen-bond donors (Lipinski definition) is 0. The van der Waals surface area contributed by atoms with E-state index in [0.717, 1.165) is 16.7 Å². The van der Waals surface area contributed by atoms with Crippen molar-refractivity contribution in [1.82, 2.24) is 4.90 Å². The molecular formula is C16H17NO. The molecule has 0 unspecified atom stereocenters. The first-order valence-electron chi connectivity index (χ1n) is 6.03. The van der Waals surface area contributed by atoms with Crippen molar-refractivity contribution >= 4 is 5.91 Å². The molecule has 0 bridgehead atoms. The third kappa shape index (κ3) is 2.98. The van der Waals surface area contributed by atoms with Gasteiger partial charge < -0.3 is 4.90 Å². The summed E-state index contributed by atoms with van der Waals surface area (Å²) < 4.78 is 0. The smallest absolute Gasteiger partial charge is 0.253 e. The number of carbonyl (C=O) groups is 1. The predicted octanol–water partition coefficient (Wildman–Crippen LogP) is 3.27. The Labute approximate surface area is 108 Å². The van der Waals surface area contributed by atoms with Crippen molar-refractivity contribution < 1.29 is 4.79 Å².